The molecule has 0 fully saturated rings. The van der Waals surface area contributed by atoms with E-state index in [0.717, 1.165) is 5.56 Å². The maximum Gasteiger partial charge on any atom is 0.573 e. The Balaban J connectivity index is 1.53. The van der Waals surface area contributed by atoms with Crippen molar-refractivity contribution in [2.75, 3.05) is 10.7 Å². The molecule has 34 heavy (non-hydrogen) atoms. The average molecular weight is 486 g/mol. The molecule has 0 spiro atoms. The average Bonchev–Trinajstić information content (AvgIpc) is 2.81. The number of nitrogens with one attached hydrogen (secondary N) is 2. The molecule has 0 atom stereocenters. The summed E-state index contributed by atoms with van der Waals surface area (Å²) in [6.45, 7) is 0. The molecule has 12 heteroatoms. The molecule has 0 bridgehead atoms. The monoisotopic (exact) mass is 485 g/mol. The minimum atomic E-state index is -4.75. The number of hydrogen-bond acceptors (Lipinski definition) is 8. The van der Waals surface area contributed by atoms with Crippen molar-refractivity contribution in [1.29, 1.82) is 0 Å². The molecule has 4 aromatic rings. The van der Waals surface area contributed by atoms with Gasteiger partial charge in [-0.3, -0.25) is 0 Å². The van der Waals surface area contributed by atoms with Gasteiger partial charge in [0.1, 0.15) is 10.9 Å². The molecule has 0 aliphatic heterocycles. The van der Waals surface area contributed by atoms with Crippen LogP contribution in [0.1, 0.15) is 5.56 Å². The lowest BCUT2D eigenvalue weighted by Gasteiger charge is -2.09. The molecule has 2 aromatic heterocycles. The van der Waals surface area contributed by atoms with Gasteiger partial charge in [-0.05, 0) is 42.0 Å². The predicted octanol–water partition coefficient (Wildman–Crippen LogP) is 5.68. The summed E-state index contributed by atoms with van der Waals surface area (Å²) in [4.78, 5) is 17.1. The van der Waals surface area contributed by atoms with Crippen molar-refractivity contribution in [3.05, 3.63) is 83.6 Å². The van der Waals surface area contributed by atoms with E-state index in [1.54, 1.807) is 12.1 Å². The van der Waals surface area contributed by atoms with Crippen LogP contribution in [0.25, 0.3) is 11.4 Å². The van der Waals surface area contributed by atoms with E-state index in [1.165, 1.54) is 36.7 Å². The first-order valence-corrected chi connectivity index (χ1v) is 10.1. The van der Waals surface area contributed by atoms with Crippen LogP contribution >= 0.6 is 11.6 Å². The van der Waals surface area contributed by atoms with E-state index in [2.05, 4.69) is 40.5 Å². The zero-order chi connectivity index (χ0) is 24.0. The molecule has 4 rings (SSSR count). The quantitative estimate of drug-likeness (QED) is 0.197. The fourth-order valence-corrected chi connectivity index (χ4v) is 2.81. The first-order chi connectivity index (χ1) is 16.3. The molecule has 0 aliphatic rings. The van der Waals surface area contributed by atoms with E-state index < -0.39 is 6.36 Å². The van der Waals surface area contributed by atoms with Crippen molar-refractivity contribution in [2.45, 2.75) is 6.36 Å². The summed E-state index contributed by atoms with van der Waals surface area (Å²) in [5.74, 6) is 0.456. The Morgan fingerprint density at radius 2 is 1.62 bits per heavy atom. The van der Waals surface area contributed by atoms with Gasteiger partial charge < -0.3 is 10.1 Å². The van der Waals surface area contributed by atoms with Gasteiger partial charge in [0.25, 0.3) is 0 Å². The first kappa shape index (κ1) is 22.9. The molecule has 2 N–H and O–H groups in total. The van der Waals surface area contributed by atoms with Gasteiger partial charge in [-0.2, -0.15) is 20.1 Å². The number of nitrogens with zero attached hydrogens (tertiary/aromatic N) is 5. The Kier molecular flexibility index (Phi) is 6.83. The van der Waals surface area contributed by atoms with Crippen LogP contribution in [-0.2, 0) is 0 Å². The van der Waals surface area contributed by atoms with Crippen LogP contribution in [0, 0.1) is 0 Å². The SMILES string of the molecule is FC(F)(F)Oc1ccc(C=NNc2nc(Nc3ccc(Cl)nc3)nc(-c3ccccc3)n2)cc1. The number of anilines is 3. The van der Waals surface area contributed by atoms with E-state index in [9.17, 15) is 13.2 Å². The second kappa shape index (κ2) is 10.1. The van der Waals surface area contributed by atoms with Crippen molar-refractivity contribution in [2.24, 2.45) is 5.10 Å². The van der Waals surface area contributed by atoms with Crippen molar-refractivity contribution in [1.82, 2.24) is 19.9 Å². The van der Waals surface area contributed by atoms with E-state index in [1.807, 2.05) is 30.3 Å². The Morgan fingerprint density at radius 3 is 2.29 bits per heavy atom. The number of halogens is 4. The van der Waals surface area contributed by atoms with Gasteiger partial charge in [-0.1, -0.05) is 41.9 Å². The van der Waals surface area contributed by atoms with E-state index >= 15 is 0 Å². The fourth-order valence-electron chi connectivity index (χ4n) is 2.70. The molecule has 0 aliphatic carbocycles. The van der Waals surface area contributed by atoms with Crippen LogP contribution in [0.2, 0.25) is 5.15 Å². The number of pyridine rings is 1. The molecular weight excluding hydrogens is 471 g/mol. The summed E-state index contributed by atoms with van der Waals surface area (Å²) in [6, 6.07) is 17.8. The zero-order valence-corrected chi connectivity index (χ0v) is 17.9. The van der Waals surface area contributed by atoms with Gasteiger partial charge in [-0.15, -0.1) is 13.2 Å². The third-order valence-corrected chi connectivity index (χ3v) is 4.37. The lowest BCUT2D eigenvalue weighted by Crippen LogP contribution is -2.17. The number of ether oxygens (including phenoxy) is 1. The Labute approximate surface area is 196 Å². The normalized spacial score (nSPS) is 11.4. The van der Waals surface area contributed by atoms with Gasteiger partial charge in [0.2, 0.25) is 11.9 Å². The highest BCUT2D eigenvalue weighted by atomic mass is 35.5. The summed E-state index contributed by atoms with van der Waals surface area (Å²) >= 11 is 5.83. The first-order valence-electron chi connectivity index (χ1n) is 9.69. The van der Waals surface area contributed by atoms with Crippen molar-refractivity contribution < 1.29 is 17.9 Å². The number of aromatic nitrogens is 4. The predicted molar refractivity (Wildman–Crippen MR) is 122 cm³/mol. The van der Waals surface area contributed by atoms with E-state index in [4.69, 9.17) is 11.6 Å². The molecule has 172 valence electrons. The lowest BCUT2D eigenvalue weighted by molar-refractivity contribution is -0.274. The molecule has 0 radical (unpaired) electrons. The second-order valence-electron chi connectivity index (χ2n) is 6.65. The maximum absolute atomic E-state index is 12.3. The van der Waals surface area contributed by atoms with Crippen LogP contribution in [0.4, 0.5) is 30.8 Å². The van der Waals surface area contributed by atoms with Crippen LogP contribution in [0.15, 0.2) is 78.0 Å². The van der Waals surface area contributed by atoms with Gasteiger partial charge in [0.05, 0.1) is 18.1 Å². The number of alkyl halides is 3. The van der Waals surface area contributed by atoms with Crippen LogP contribution in [0.3, 0.4) is 0 Å². The minimum absolute atomic E-state index is 0.145. The largest absolute Gasteiger partial charge is 0.573 e. The second-order valence-corrected chi connectivity index (χ2v) is 7.04. The highest BCUT2D eigenvalue weighted by Gasteiger charge is 2.30. The van der Waals surface area contributed by atoms with E-state index in [-0.39, 0.29) is 17.6 Å². The van der Waals surface area contributed by atoms with Crippen LogP contribution in [0.5, 0.6) is 5.75 Å². The van der Waals surface area contributed by atoms with Gasteiger partial charge in [0, 0.05) is 5.56 Å². The van der Waals surface area contributed by atoms with Gasteiger partial charge in [0.15, 0.2) is 5.82 Å². The van der Waals surface area contributed by atoms with Crippen LogP contribution in [-0.4, -0.2) is 32.5 Å². The highest BCUT2D eigenvalue weighted by Crippen LogP contribution is 2.23. The number of rotatable bonds is 7. The lowest BCUT2D eigenvalue weighted by atomic mass is 10.2. The number of hydrazone groups is 1. The molecule has 0 saturated carbocycles. The Hall–Kier alpha value is -4.25. The van der Waals surface area contributed by atoms with E-state index in [0.29, 0.717) is 22.2 Å². The summed E-state index contributed by atoms with van der Waals surface area (Å²) in [5.41, 5.74) is 4.62. The third kappa shape index (κ3) is 6.62. The molecule has 0 amide bonds. The highest BCUT2D eigenvalue weighted by molar-refractivity contribution is 6.29. The topological polar surface area (TPSA) is 97.2 Å². The molecule has 0 saturated heterocycles. The fraction of sp³-hybridized carbons (Fsp3) is 0.0455. The third-order valence-electron chi connectivity index (χ3n) is 4.14. The molecule has 8 nitrogen and oxygen atoms in total. The Morgan fingerprint density at radius 1 is 0.882 bits per heavy atom. The van der Waals surface area contributed by atoms with Gasteiger partial charge in [-0.25, -0.2) is 10.4 Å². The number of hydrogen-bond donors (Lipinski definition) is 2. The van der Waals surface area contributed by atoms with Crippen molar-refractivity contribution in [3.8, 4) is 17.1 Å². The maximum atomic E-state index is 12.3. The summed E-state index contributed by atoms with van der Waals surface area (Å²) in [7, 11) is 0. The summed E-state index contributed by atoms with van der Waals surface area (Å²) < 4.78 is 40.7. The Bertz CT molecular complexity index is 1270. The minimum Gasteiger partial charge on any atom is -0.406 e. The van der Waals surface area contributed by atoms with Gasteiger partial charge >= 0.3 is 6.36 Å². The summed E-state index contributed by atoms with van der Waals surface area (Å²) in [6.07, 6.45) is -1.81. The summed E-state index contributed by atoms with van der Waals surface area (Å²) in [5, 5.41) is 7.44. The smallest absolute Gasteiger partial charge is 0.406 e. The molecular formula is C22H15ClF3N7O. The molecule has 0 unspecified atom stereocenters. The van der Waals surface area contributed by atoms with Crippen molar-refractivity contribution >= 4 is 35.4 Å². The number of benzene rings is 2. The van der Waals surface area contributed by atoms with Crippen molar-refractivity contribution in [3.63, 3.8) is 0 Å². The molecule has 2 heterocycles. The zero-order valence-electron chi connectivity index (χ0n) is 17.2. The standard InChI is InChI=1S/C22H15ClF3N7O/c23-18-11-8-16(13-27-18)29-20-30-19(15-4-2-1-3-5-15)31-21(32-20)33-28-12-14-6-9-17(10-7-14)34-22(24,25)26/h1-13H,(H2,29,30,31,32,33). The molecule has 2 aromatic carbocycles. The van der Waals surface area contributed by atoms with Crippen LogP contribution < -0.4 is 15.5 Å².